The second-order valence-corrected chi connectivity index (χ2v) is 11.3. The van der Waals surface area contributed by atoms with Crippen molar-refractivity contribution in [2.24, 2.45) is 7.05 Å². The number of aromatic nitrogens is 2. The smallest absolute Gasteiger partial charge is 0.435 e. The van der Waals surface area contributed by atoms with Gasteiger partial charge in [0.15, 0.2) is 11.5 Å². The maximum absolute atomic E-state index is 12.9. The molecule has 0 saturated carbocycles. The number of carbonyl (C=O) groups excluding carboxylic acids is 2. The van der Waals surface area contributed by atoms with E-state index in [0.717, 1.165) is 27.8 Å². The summed E-state index contributed by atoms with van der Waals surface area (Å²) < 4.78 is 39.9. The molecule has 0 spiro atoms. The van der Waals surface area contributed by atoms with Crippen LogP contribution in [0.25, 0.3) is 0 Å². The van der Waals surface area contributed by atoms with Crippen molar-refractivity contribution in [3.8, 4) is 0 Å². The van der Waals surface area contributed by atoms with E-state index in [9.17, 15) is 32.7 Å². The summed E-state index contributed by atoms with van der Waals surface area (Å²) in [5, 5.41) is 15.8. The van der Waals surface area contributed by atoms with Crippen LogP contribution in [0.3, 0.4) is 0 Å². The maximum atomic E-state index is 12.9. The van der Waals surface area contributed by atoms with Gasteiger partial charge in [-0.15, -0.1) is 23.1 Å². The zero-order valence-electron chi connectivity index (χ0n) is 21.0. The van der Waals surface area contributed by atoms with Crippen LogP contribution < -0.4 is 5.32 Å². The van der Waals surface area contributed by atoms with Crippen LogP contribution in [0.1, 0.15) is 37.9 Å². The number of thiophene rings is 1. The zero-order valence-corrected chi connectivity index (χ0v) is 23.4. The van der Waals surface area contributed by atoms with Crippen LogP contribution in [0.4, 0.5) is 13.2 Å². The summed E-state index contributed by atoms with van der Waals surface area (Å²) in [5.41, 5.74) is 0.258. The number of alkyl halides is 3. The largest absolute Gasteiger partial charge is 0.481 e. The Bertz CT molecular complexity index is 1330. The summed E-state index contributed by atoms with van der Waals surface area (Å²) in [6, 6.07) is 10.2. The molecular weight excluding hydrogens is 577 g/mol. The Morgan fingerprint density at radius 3 is 2.56 bits per heavy atom. The highest BCUT2D eigenvalue weighted by atomic mass is 35.5. The van der Waals surface area contributed by atoms with Gasteiger partial charge in [0, 0.05) is 35.8 Å². The number of aliphatic carboxylic acids is 1. The summed E-state index contributed by atoms with van der Waals surface area (Å²) in [4.78, 5) is 39.7. The number of ketones is 1. The second-order valence-electron chi connectivity index (χ2n) is 8.75. The average molecular weight is 603 g/mol. The number of Topliss-reactive ketones (excluding diaryl/α,β-unsaturated/α-hetero) is 1. The first-order valence-electron chi connectivity index (χ1n) is 11.6. The van der Waals surface area contributed by atoms with E-state index in [1.165, 1.54) is 23.5 Å². The predicted molar refractivity (Wildman–Crippen MR) is 144 cm³/mol. The molecule has 39 heavy (non-hydrogen) atoms. The van der Waals surface area contributed by atoms with Crippen LogP contribution in [-0.2, 0) is 41.7 Å². The fraction of sp³-hybridized carbons (Fsp3) is 0.360. The van der Waals surface area contributed by atoms with Gasteiger partial charge in [-0.25, -0.2) is 0 Å². The summed E-state index contributed by atoms with van der Waals surface area (Å²) in [7, 11) is 3.16. The molecule has 2 aromatic heterocycles. The number of nitrogens with zero attached hydrogens (tertiary/aromatic N) is 3. The van der Waals surface area contributed by atoms with Crippen molar-refractivity contribution in [2.45, 2.75) is 37.5 Å². The van der Waals surface area contributed by atoms with Crippen LogP contribution in [-0.4, -0.2) is 56.3 Å². The molecule has 0 bridgehead atoms. The van der Waals surface area contributed by atoms with Crippen molar-refractivity contribution < 1.29 is 32.7 Å². The molecule has 1 amide bonds. The van der Waals surface area contributed by atoms with Crippen molar-refractivity contribution in [3.05, 3.63) is 74.2 Å². The first-order chi connectivity index (χ1) is 18.3. The normalized spacial score (nSPS) is 12.5. The fourth-order valence-electron chi connectivity index (χ4n) is 3.60. The molecule has 0 aliphatic heterocycles. The molecule has 3 aromatic rings. The van der Waals surface area contributed by atoms with E-state index in [1.807, 2.05) is 12.1 Å². The van der Waals surface area contributed by atoms with Crippen molar-refractivity contribution in [3.63, 3.8) is 0 Å². The van der Waals surface area contributed by atoms with Gasteiger partial charge in [0.25, 0.3) is 5.91 Å². The molecule has 3 rings (SSSR count). The third-order valence-corrected chi connectivity index (χ3v) is 7.98. The van der Waals surface area contributed by atoms with Crippen molar-refractivity contribution in [1.29, 1.82) is 0 Å². The summed E-state index contributed by atoms with van der Waals surface area (Å²) in [5.74, 6) is -1.77. The van der Waals surface area contributed by atoms with E-state index in [2.05, 4.69) is 10.4 Å². The summed E-state index contributed by atoms with van der Waals surface area (Å²) in [6.45, 7) is 0.542. The molecule has 0 aliphatic rings. The number of aryl methyl sites for hydroxylation is 1. The number of hydrogen-bond donors (Lipinski definition) is 2. The first-order valence-corrected chi connectivity index (χ1v) is 13.9. The molecule has 0 unspecified atom stereocenters. The van der Waals surface area contributed by atoms with E-state index >= 15 is 0 Å². The molecule has 2 N–H and O–H groups in total. The third-order valence-electron chi connectivity index (χ3n) is 5.54. The molecule has 1 atom stereocenters. The minimum Gasteiger partial charge on any atom is -0.481 e. The number of nitrogens with one attached hydrogen (secondary N) is 1. The summed E-state index contributed by atoms with van der Waals surface area (Å²) in [6.07, 6.45) is -5.08. The van der Waals surface area contributed by atoms with Crippen molar-refractivity contribution >= 4 is 52.4 Å². The molecule has 0 radical (unpaired) electrons. The summed E-state index contributed by atoms with van der Waals surface area (Å²) >= 11 is 8.55. The average Bonchev–Trinajstić information content (AvgIpc) is 3.46. The van der Waals surface area contributed by atoms with E-state index in [1.54, 1.807) is 36.2 Å². The number of hydrogen-bond acceptors (Lipinski definition) is 7. The van der Waals surface area contributed by atoms with E-state index in [0.29, 0.717) is 23.0 Å². The van der Waals surface area contributed by atoms with Gasteiger partial charge in [-0.2, -0.15) is 18.3 Å². The molecule has 1 aromatic carbocycles. The van der Waals surface area contributed by atoms with Crippen LogP contribution in [0.2, 0.25) is 5.02 Å². The van der Waals surface area contributed by atoms with Crippen LogP contribution in [0.15, 0.2) is 42.5 Å². The molecule has 14 heteroatoms. The van der Waals surface area contributed by atoms with E-state index in [4.69, 9.17) is 11.6 Å². The number of carbonyl (C=O) groups is 3. The number of halogens is 4. The quantitative estimate of drug-likeness (QED) is 0.288. The lowest BCUT2D eigenvalue weighted by Gasteiger charge is -2.16. The van der Waals surface area contributed by atoms with Gasteiger partial charge in [-0.05, 0) is 36.9 Å². The Morgan fingerprint density at radius 1 is 1.21 bits per heavy atom. The van der Waals surface area contributed by atoms with Gasteiger partial charge in [-0.3, -0.25) is 24.0 Å². The number of carboxylic acid groups (broad SMARTS) is 1. The number of rotatable bonds is 13. The zero-order chi connectivity index (χ0) is 28.7. The van der Waals surface area contributed by atoms with Gasteiger partial charge in [0.1, 0.15) is 0 Å². The lowest BCUT2D eigenvalue weighted by Crippen LogP contribution is -2.43. The second kappa shape index (κ2) is 13.5. The minimum atomic E-state index is -4.53. The van der Waals surface area contributed by atoms with Crippen molar-refractivity contribution in [2.75, 3.05) is 12.8 Å². The number of amides is 1. The lowest BCUT2D eigenvalue weighted by molar-refractivity contribution is -0.141. The monoisotopic (exact) mass is 602 g/mol. The Kier molecular flexibility index (Phi) is 10.6. The maximum Gasteiger partial charge on any atom is 0.435 e. The van der Waals surface area contributed by atoms with Gasteiger partial charge in [0.2, 0.25) is 0 Å². The van der Waals surface area contributed by atoms with Gasteiger partial charge < -0.3 is 10.4 Å². The van der Waals surface area contributed by atoms with Crippen LogP contribution >= 0.6 is 34.7 Å². The van der Waals surface area contributed by atoms with Gasteiger partial charge in [-0.1, -0.05) is 29.8 Å². The van der Waals surface area contributed by atoms with Gasteiger partial charge in [0.05, 0.1) is 28.8 Å². The standard InChI is InChI=1S/C25H26ClF3N4O4S2/c1-32(11-16-9-22(25(27,28)29)31-33(16)2)12-17-7-8-21(39-17)24(37)30-19(10-23(35)36)20(34)14-38-13-15-5-3-4-6-18(15)26/h3-9,19H,10-14H2,1-2H3,(H,30,37)(H,35,36)/t19-/m0/s1. The molecule has 0 saturated heterocycles. The third kappa shape index (κ3) is 9.09. The minimum absolute atomic E-state index is 0.00595. The molecule has 210 valence electrons. The molecular formula is C25H26ClF3N4O4S2. The Labute approximate surface area is 236 Å². The van der Waals surface area contributed by atoms with E-state index < -0.39 is 42.0 Å². The number of carboxylic acids is 1. The Morgan fingerprint density at radius 2 is 1.92 bits per heavy atom. The Hall–Kier alpha value is -2.87. The first kappa shape index (κ1) is 30.7. The highest BCUT2D eigenvalue weighted by molar-refractivity contribution is 7.99. The topological polar surface area (TPSA) is 105 Å². The van der Waals surface area contributed by atoms with Crippen molar-refractivity contribution in [1.82, 2.24) is 20.0 Å². The molecule has 0 aliphatic carbocycles. The predicted octanol–water partition coefficient (Wildman–Crippen LogP) is 4.86. The number of thioether (sulfide) groups is 1. The highest BCUT2D eigenvalue weighted by Gasteiger charge is 2.34. The highest BCUT2D eigenvalue weighted by Crippen LogP contribution is 2.29. The van der Waals surface area contributed by atoms with Crippen LogP contribution in [0.5, 0.6) is 0 Å². The van der Waals surface area contributed by atoms with E-state index in [-0.39, 0.29) is 17.2 Å². The van der Waals surface area contributed by atoms with Gasteiger partial charge >= 0.3 is 12.1 Å². The lowest BCUT2D eigenvalue weighted by atomic mass is 10.1. The molecule has 8 nitrogen and oxygen atoms in total. The van der Waals surface area contributed by atoms with Crippen LogP contribution in [0, 0.1) is 0 Å². The molecule has 0 fully saturated rings. The number of benzene rings is 1. The Balaban J connectivity index is 1.56. The fourth-order valence-corrected chi connectivity index (χ4v) is 5.85. The molecule has 2 heterocycles. The SMILES string of the molecule is CN(Cc1ccc(C(=O)N[C@@H](CC(=O)O)C(=O)CSCc2ccccc2Cl)s1)Cc1cc(C(F)(F)F)nn1C.